The van der Waals surface area contributed by atoms with Crippen molar-refractivity contribution in [2.75, 3.05) is 39.6 Å². The molecule has 0 saturated heterocycles. The molecule has 0 aliphatic rings. The van der Waals surface area contributed by atoms with Crippen LogP contribution in [0.15, 0.2) is 158 Å². The van der Waals surface area contributed by atoms with Crippen molar-refractivity contribution in [3.63, 3.8) is 0 Å². The van der Waals surface area contributed by atoms with E-state index < -0.39 is 91.5 Å². The van der Waals surface area contributed by atoms with Crippen molar-refractivity contribution in [3.8, 4) is 0 Å². The van der Waals surface area contributed by atoms with Gasteiger partial charge in [-0.05, 0) is 154 Å². The molecule has 0 heterocycles. The first-order valence-corrected chi connectivity index (χ1v) is 44.8. The van der Waals surface area contributed by atoms with Gasteiger partial charge in [-0.25, -0.2) is 9.13 Å². The lowest BCUT2D eigenvalue weighted by Gasteiger charge is -2.21. The summed E-state index contributed by atoms with van der Waals surface area (Å²) in [6, 6.07) is 0. The van der Waals surface area contributed by atoms with Crippen molar-refractivity contribution >= 4 is 33.6 Å². The third-order valence-electron chi connectivity index (χ3n) is 17.2. The standard InChI is InChI=1S/C89H150O16P2/c1-4-7-10-13-16-19-22-25-28-31-34-36-38-40-41-43-45-46-49-51-54-57-60-63-66-69-72-75-87(92)99-78-84(90)79-101-106(95,96)102-80-85(91)81-103-107(97,98)104-83-86(105-89(94)77-74-71-68-65-62-59-56-53-48-33-30-27-24-21-18-15-12-9-6-3)82-100-88(93)76-73-70-67-64-61-58-55-52-50-47-44-42-39-37-35-32-29-26-23-20-17-14-11-8-5-2/h8,11,16-21,25-30,34-37,40-42,44,48,50,52-53,84-86,90-91H,4-7,9-10,12-15,22-24,31-33,38-39,43,45-47,49,51,54-83H2,1-3H3,(H,95,96)(H,97,98)/b11-8-,19-16-,20-17-,21-18-,28-25-,29-26-,30-27-,36-34-,37-35-,41-40-,44-42-,52-50-,53-48-. The number of aliphatic hydroxyl groups excluding tert-OH is 2. The molecule has 0 amide bonds. The van der Waals surface area contributed by atoms with Crippen molar-refractivity contribution in [2.45, 2.75) is 347 Å². The molecule has 0 aromatic heterocycles. The van der Waals surface area contributed by atoms with Gasteiger partial charge in [0.05, 0.1) is 26.4 Å². The Labute approximate surface area is 650 Å². The number of phosphoric ester groups is 2. The smallest absolute Gasteiger partial charge is 0.463 e. The molecule has 0 aromatic carbocycles. The molecule has 0 aliphatic carbocycles. The van der Waals surface area contributed by atoms with Gasteiger partial charge in [0.25, 0.3) is 0 Å². The summed E-state index contributed by atoms with van der Waals surface area (Å²) in [6.45, 7) is 2.49. The van der Waals surface area contributed by atoms with Crippen molar-refractivity contribution < 1.29 is 75.8 Å². The number of hydrogen-bond donors (Lipinski definition) is 4. The van der Waals surface area contributed by atoms with Crippen LogP contribution in [0.2, 0.25) is 0 Å². The maximum atomic E-state index is 13.0. The Balaban J connectivity index is 4.67. The van der Waals surface area contributed by atoms with Crippen LogP contribution in [0.3, 0.4) is 0 Å². The summed E-state index contributed by atoms with van der Waals surface area (Å²) >= 11 is 0. The van der Waals surface area contributed by atoms with E-state index in [1.54, 1.807) is 0 Å². The maximum absolute atomic E-state index is 13.0. The number of hydrogen-bond acceptors (Lipinski definition) is 14. The van der Waals surface area contributed by atoms with Gasteiger partial charge in [-0.3, -0.25) is 32.5 Å². The van der Waals surface area contributed by atoms with E-state index in [1.165, 1.54) is 89.9 Å². The fourth-order valence-corrected chi connectivity index (χ4v) is 12.4. The first-order chi connectivity index (χ1) is 52.2. The molecule has 0 aliphatic heterocycles. The molecule has 16 nitrogen and oxygen atoms in total. The lowest BCUT2D eigenvalue weighted by atomic mass is 10.0. The minimum absolute atomic E-state index is 0.0813. The summed E-state index contributed by atoms with van der Waals surface area (Å²) in [6.07, 6.45) is 101. The number of esters is 3. The molecule has 0 radical (unpaired) electrons. The van der Waals surface area contributed by atoms with Crippen molar-refractivity contribution in [2.24, 2.45) is 0 Å². The number of unbranched alkanes of at least 4 members (excludes halogenated alkanes) is 29. The lowest BCUT2D eigenvalue weighted by molar-refractivity contribution is -0.161. The average molecular weight is 1540 g/mol. The Morgan fingerprint density at radius 2 is 0.495 bits per heavy atom. The number of rotatable bonds is 78. The van der Waals surface area contributed by atoms with Crippen LogP contribution in [0.5, 0.6) is 0 Å². The van der Waals surface area contributed by atoms with Gasteiger partial charge >= 0.3 is 33.6 Å². The molecular weight excluding hydrogens is 1390 g/mol. The highest BCUT2D eigenvalue weighted by Crippen LogP contribution is 2.45. The molecule has 0 saturated carbocycles. The van der Waals surface area contributed by atoms with Gasteiger partial charge in [-0.1, -0.05) is 314 Å². The van der Waals surface area contributed by atoms with E-state index in [0.717, 1.165) is 180 Å². The molecule has 0 bridgehead atoms. The Kier molecular flexibility index (Phi) is 77.0. The van der Waals surface area contributed by atoms with E-state index in [9.17, 15) is 43.5 Å². The normalized spacial score (nSPS) is 14.7. The van der Waals surface area contributed by atoms with Crippen molar-refractivity contribution in [1.29, 1.82) is 0 Å². The fourth-order valence-electron chi connectivity index (χ4n) is 10.9. The van der Waals surface area contributed by atoms with Crippen LogP contribution in [0, 0.1) is 0 Å². The minimum Gasteiger partial charge on any atom is -0.463 e. The average Bonchev–Trinajstić information content (AvgIpc) is 0.909. The Morgan fingerprint density at radius 3 is 0.785 bits per heavy atom. The number of ether oxygens (including phenoxy) is 3. The molecule has 612 valence electrons. The largest absolute Gasteiger partial charge is 0.472 e. The van der Waals surface area contributed by atoms with Gasteiger partial charge in [0, 0.05) is 19.3 Å². The van der Waals surface area contributed by atoms with Crippen LogP contribution in [-0.2, 0) is 55.8 Å². The van der Waals surface area contributed by atoms with Crippen molar-refractivity contribution in [3.05, 3.63) is 158 Å². The van der Waals surface area contributed by atoms with E-state index in [-0.39, 0.29) is 19.3 Å². The minimum atomic E-state index is -4.95. The fraction of sp³-hybridized carbons (Fsp3) is 0.674. The van der Waals surface area contributed by atoms with Gasteiger partial charge in [0.15, 0.2) is 6.10 Å². The topological polar surface area (TPSA) is 231 Å². The summed E-state index contributed by atoms with van der Waals surface area (Å²) in [5.74, 6) is -1.61. The second-order valence-electron chi connectivity index (χ2n) is 27.5. The maximum Gasteiger partial charge on any atom is 0.472 e. The van der Waals surface area contributed by atoms with E-state index in [2.05, 4.69) is 179 Å². The number of carbonyl (C=O) groups is 3. The van der Waals surface area contributed by atoms with Crippen LogP contribution >= 0.6 is 15.6 Å². The van der Waals surface area contributed by atoms with E-state index in [0.29, 0.717) is 19.3 Å². The Morgan fingerprint density at radius 1 is 0.271 bits per heavy atom. The number of aliphatic hydroxyl groups is 2. The molecule has 107 heavy (non-hydrogen) atoms. The van der Waals surface area contributed by atoms with Crippen LogP contribution < -0.4 is 0 Å². The first kappa shape index (κ1) is 102. The second kappa shape index (κ2) is 80.7. The molecule has 0 rings (SSSR count). The lowest BCUT2D eigenvalue weighted by Crippen LogP contribution is -2.30. The van der Waals surface area contributed by atoms with Gasteiger partial charge in [-0.2, -0.15) is 0 Å². The summed E-state index contributed by atoms with van der Waals surface area (Å²) in [4.78, 5) is 58.8. The Bertz CT molecular complexity index is 2580. The van der Waals surface area contributed by atoms with Crippen molar-refractivity contribution in [1.82, 2.24) is 0 Å². The molecule has 0 aromatic rings. The van der Waals surface area contributed by atoms with Crippen LogP contribution in [0.1, 0.15) is 329 Å². The van der Waals surface area contributed by atoms with Crippen LogP contribution in [-0.4, -0.2) is 95.9 Å². The molecule has 5 unspecified atom stereocenters. The highest BCUT2D eigenvalue weighted by molar-refractivity contribution is 7.47. The highest BCUT2D eigenvalue weighted by Gasteiger charge is 2.29. The number of phosphoric acid groups is 2. The molecule has 18 heteroatoms. The molecule has 4 N–H and O–H groups in total. The zero-order chi connectivity index (χ0) is 78.0. The zero-order valence-corrected chi connectivity index (χ0v) is 68.8. The summed E-state index contributed by atoms with van der Waals surface area (Å²) in [5.41, 5.74) is 0. The molecular formula is C89H150O16P2. The third-order valence-corrected chi connectivity index (χ3v) is 19.1. The zero-order valence-electron chi connectivity index (χ0n) is 67.0. The SMILES string of the molecule is CC/C=C\C/C=C\C/C=C\C/C=C\C/C=C\C/C=C\CCCCCCCCC(=O)OCC(COP(=O)(O)OCC(O)COP(=O)(O)OCC(O)COC(=O)CCCCCCCCCCCCC/C=C\C/C=C\C/C=C\C/C=C\CCCCC)OC(=O)CCCCCCCC/C=C\C/C=C\C/C=C\CCCCC. The van der Waals surface area contributed by atoms with Crippen LogP contribution in [0.4, 0.5) is 0 Å². The number of carbonyl (C=O) groups excluding carboxylic acids is 3. The van der Waals surface area contributed by atoms with Crippen LogP contribution in [0.25, 0.3) is 0 Å². The summed E-state index contributed by atoms with van der Waals surface area (Å²) in [5, 5.41) is 20.7. The molecule has 0 fully saturated rings. The monoisotopic (exact) mass is 1540 g/mol. The summed E-state index contributed by atoms with van der Waals surface area (Å²) in [7, 11) is -9.81. The number of allylic oxidation sites excluding steroid dienone is 26. The van der Waals surface area contributed by atoms with E-state index in [1.807, 2.05) is 0 Å². The highest BCUT2D eigenvalue weighted by atomic mass is 31.2. The van der Waals surface area contributed by atoms with Gasteiger partial charge in [0.1, 0.15) is 25.4 Å². The molecule has 5 atom stereocenters. The van der Waals surface area contributed by atoms with Gasteiger partial charge in [-0.15, -0.1) is 0 Å². The quantitative estimate of drug-likeness (QED) is 0.0146. The molecule has 0 spiro atoms. The van der Waals surface area contributed by atoms with Gasteiger partial charge in [0.2, 0.25) is 0 Å². The predicted octanol–water partition coefficient (Wildman–Crippen LogP) is 25.0. The predicted molar refractivity (Wildman–Crippen MR) is 445 cm³/mol. The Hall–Kier alpha value is -4.83. The van der Waals surface area contributed by atoms with Gasteiger partial charge < -0.3 is 34.2 Å². The summed E-state index contributed by atoms with van der Waals surface area (Å²) < 4.78 is 61.3. The third kappa shape index (κ3) is 82.0. The second-order valence-corrected chi connectivity index (χ2v) is 30.4. The van der Waals surface area contributed by atoms with E-state index in [4.69, 9.17) is 32.3 Å². The first-order valence-electron chi connectivity index (χ1n) is 41.8. The van der Waals surface area contributed by atoms with E-state index >= 15 is 0 Å².